The molecular formula is C8H10N8O4S. The smallest absolute Gasteiger partial charge is 0.295 e. The number of aryl methyl sites for hydroxylation is 1. The summed E-state index contributed by atoms with van der Waals surface area (Å²) >= 11 is 0. The number of hydrogen-bond acceptors (Lipinski definition) is 9. The number of rotatable bonds is 5. The molecule has 0 bridgehead atoms. The summed E-state index contributed by atoms with van der Waals surface area (Å²) in [5, 5.41) is 21.5. The van der Waals surface area contributed by atoms with Crippen molar-refractivity contribution in [3.63, 3.8) is 0 Å². The molecule has 0 unspecified atom stereocenters. The van der Waals surface area contributed by atoms with Gasteiger partial charge in [-0.25, -0.2) is 13.1 Å². The Kier molecular flexibility index (Phi) is 3.68. The third-order valence-electron chi connectivity index (χ3n) is 2.37. The average Bonchev–Trinajstić information content (AvgIpc) is 2.82. The van der Waals surface area contributed by atoms with E-state index in [4.69, 9.17) is 5.84 Å². The van der Waals surface area contributed by atoms with E-state index in [0.29, 0.717) is 0 Å². The largest absolute Gasteiger partial charge is 0.318 e. The summed E-state index contributed by atoms with van der Waals surface area (Å²) in [5.41, 5.74) is 1.62. The van der Waals surface area contributed by atoms with Crippen LogP contribution in [0.3, 0.4) is 0 Å². The van der Waals surface area contributed by atoms with E-state index in [1.54, 1.807) is 0 Å². The topological polar surface area (TPSA) is 171 Å². The van der Waals surface area contributed by atoms with Crippen molar-refractivity contribution >= 4 is 27.3 Å². The molecular weight excluding hydrogens is 304 g/mol. The molecule has 21 heavy (non-hydrogen) atoms. The molecule has 1 heterocycles. The Morgan fingerprint density at radius 2 is 2.14 bits per heavy atom. The molecule has 0 fully saturated rings. The van der Waals surface area contributed by atoms with Crippen molar-refractivity contribution in [2.45, 2.75) is 4.90 Å². The van der Waals surface area contributed by atoms with E-state index in [2.05, 4.69) is 25.6 Å². The minimum Gasteiger partial charge on any atom is -0.318 e. The molecule has 0 aliphatic rings. The fourth-order valence-corrected chi connectivity index (χ4v) is 2.41. The van der Waals surface area contributed by atoms with E-state index in [-0.39, 0.29) is 16.5 Å². The third-order valence-corrected chi connectivity index (χ3v) is 3.69. The maximum atomic E-state index is 12.1. The molecule has 4 N–H and O–H groups in total. The van der Waals surface area contributed by atoms with Crippen LogP contribution >= 0.6 is 0 Å². The van der Waals surface area contributed by atoms with Crippen molar-refractivity contribution in [2.24, 2.45) is 12.9 Å². The zero-order valence-corrected chi connectivity index (χ0v) is 11.4. The van der Waals surface area contributed by atoms with Crippen LogP contribution in [0.25, 0.3) is 0 Å². The Bertz CT molecular complexity index is 785. The highest BCUT2D eigenvalue weighted by molar-refractivity contribution is 7.92. The Morgan fingerprint density at radius 1 is 1.43 bits per heavy atom. The predicted octanol–water partition coefficient (Wildman–Crippen LogP) is -0.795. The van der Waals surface area contributed by atoms with Gasteiger partial charge in [0.2, 0.25) is 0 Å². The number of nitrogens with one attached hydrogen (secondary N) is 2. The monoisotopic (exact) mass is 314 g/mol. The molecule has 0 saturated carbocycles. The molecule has 0 amide bonds. The van der Waals surface area contributed by atoms with E-state index in [1.807, 2.05) is 0 Å². The summed E-state index contributed by atoms with van der Waals surface area (Å²) in [7, 11) is -2.63. The third kappa shape index (κ3) is 3.03. The molecule has 1 aromatic carbocycles. The van der Waals surface area contributed by atoms with Crippen molar-refractivity contribution in [3.8, 4) is 0 Å². The number of nitrogens with zero attached hydrogens (tertiary/aromatic N) is 5. The average molecular weight is 314 g/mol. The van der Waals surface area contributed by atoms with Crippen LogP contribution in [-0.4, -0.2) is 33.5 Å². The van der Waals surface area contributed by atoms with Gasteiger partial charge in [-0.3, -0.25) is 16.0 Å². The van der Waals surface area contributed by atoms with Crippen LogP contribution < -0.4 is 16.0 Å². The molecule has 112 valence electrons. The highest BCUT2D eigenvalue weighted by atomic mass is 32.2. The second-order valence-corrected chi connectivity index (χ2v) is 5.47. The molecule has 1 aromatic heterocycles. The number of nitro benzene ring substituents is 1. The number of aromatic nitrogens is 4. The number of tetrazole rings is 1. The van der Waals surface area contributed by atoms with Crippen LogP contribution in [0.2, 0.25) is 0 Å². The molecule has 0 saturated heterocycles. The predicted molar refractivity (Wildman–Crippen MR) is 70.5 cm³/mol. The lowest BCUT2D eigenvalue weighted by Crippen LogP contribution is -2.15. The summed E-state index contributed by atoms with van der Waals surface area (Å²) < 4.78 is 26.2. The second-order valence-electron chi connectivity index (χ2n) is 3.79. The summed E-state index contributed by atoms with van der Waals surface area (Å²) in [6.45, 7) is 0. The van der Waals surface area contributed by atoms with E-state index >= 15 is 0 Å². The lowest BCUT2D eigenvalue weighted by Gasteiger charge is -2.06. The Balaban J connectivity index is 2.40. The summed E-state index contributed by atoms with van der Waals surface area (Å²) in [5.74, 6) is 4.87. The molecule has 2 rings (SSSR count). The SMILES string of the molecule is Cn1nnc(NS(=O)(=O)c2ccc(NN)c([N+](=O)[O-])c2)n1. The van der Waals surface area contributed by atoms with Crippen molar-refractivity contribution < 1.29 is 13.3 Å². The number of nitrogen functional groups attached to an aromatic ring is 1. The van der Waals surface area contributed by atoms with Gasteiger partial charge < -0.3 is 5.43 Å². The van der Waals surface area contributed by atoms with E-state index in [9.17, 15) is 18.5 Å². The van der Waals surface area contributed by atoms with Gasteiger partial charge in [0.05, 0.1) is 16.9 Å². The van der Waals surface area contributed by atoms with E-state index in [1.165, 1.54) is 13.1 Å². The molecule has 12 nitrogen and oxygen atoms in total. The number of anilines is 2. The van der Waals surface area contributed by atoms with Gasteiger partial charge in [0.1, 0.15) is 5.69 Å². The molecule has 0 radical (unpaired) electrons. The van der Waals surface area contributed by atoms with Crippen LogP contribution in [0.5, 0.6) is 0 Å². The van der Waals surface area contributed by atoms with Crippen LogP contribution in [0.4, 0.5) is 17.3 Å². The molecule has 0 aliphatic carbocycles. The van der Waals surface area contributed by atoms with Gasteiger partial charge in [-0.15, -0.1) is 5.10 Å². The summed E-state index contributed by atoms with van der Waals surface area (Å²) in [6.07, 6.45) is 0. The molecule has 2 aromatic rings. The first-order chi connectivity index (χ1) is 9.83. The fraction of sp³-hybridized carbons (Fsp3) is 0.125. The highest BCUT2D eigenvalue weighted by Gasteiger charge is 2.22. The van der Waals surface area contributed by atoms with E-state index in [0.717, 1.165) is 16.9 Å². The number of hydrazine groups is 1. The zero-order valence-electron chi connectivity index (χ0n) is 10.6. The second kappa shape index (κ2) is 5.29. The minimum atomic E-state index is -4.08. The van der Waals surface area contributed by atoms with Gasteiger partial charge in [0.25, 0.3) is 21.7 Å². The number of benzene rings is 1. The van der Waals surface area contributed by atoms with E-state index < -0.39 is 20.6 Å². The molecule has 0 aliphatic heterocycles. The number of nitro groups is 1. The van der Waals surface area contributed by atoms with Gasteiger partial charge in [0, 0.05) is 6.07 Å². The lowest BCUT2D eigenvalue weighted by molar-refractivity contribution is -0.384. The first kappa shape index (κ1) is 14.6. The summed E-state index contributed by atoms with van der Waals surface area (Å²) in [6, 6.07) is 3.20. The summed E-state index contributed by atoms with van der Waals surface area (Å²) in [4.78, 5) is 10.8. The van der Waals surface area contributed by atoms with Gasteiger partial charge in [-0.05, 0) is 17.3 Å². The Labute approximate surface area is 118 Å². The maximum absolute atomic E-state index is 12.1. The van der Waals surface area contributed by atoms with Crippen molar-refractivity contribution in [1.29, 1.82) is 0 Å². The maximum Gasteiger partial charge on any atom is 0.295 e. The van der Waals surface area contributed by atoms with Gasteiger partial charge in [-0.2, -0.15) is 4.80 Å². The standard InChI is InChI=1S/C8H10N8O4S/c1-15-12-8(11-14-15)13-21(19,20)5-2-3-6(10-9)7(4-5)16(17)18/h2-4,10H,9H2,1H3,(H,12,13). The first-order valence-electron chi connectivity index (χ1n) is 5.35. The number of sulfonamides is 1. The zero-order chi connectivity index (χ0) is 15.6. The van der Waals surface area contributed by atoms with Crippen molar-refractivity contribution in [2.75, 3.05) is 10.1 Å². The number of hydrogen-bond donors (Lipinski definition) is 3. The lowest BCUT2D eigenvalue weighted by atomic mass is 10.3. The normalized spacial score (nSPS) is 11.1. The van der Waals surface area contributed by atoms with Gasteiger partial charge >= 0.3 is 0 Å². The fourth-order valence-electron chi connectivity index (χ4n) is 1.46. The van der Waals surface area contributed by atoms with Crippen molar-refractivity contribution in [3.05, 3.63) is 28.3 Å². The van der Waals surface area contributed by atoms with Crippen LogP contribution in [0.15, 0.2) is 23.1 Å². The van der Waals surface area contributed by atoms with Gasteiger partial charge in [-0.1, -0.05) is 5.10 Å². The molecule has 13 heteroatoms. The van der Waals surface area contributed by atoms with Crippen molar-refractivity contribution in [1.82, 2.24) is 20.2 Å². The first-order valence-corrected chi connectivity index (χ1v) is 6.83. The number of nitrogens with two attached hydrogens (primary N) is 1. The minimum absolute atomic E-state index is 0.0171. The van der Waals surface area contributed by atoms with Crippen LogP contribution in [0.1, 0.15) is 0 Å². The van der Waals surface area contributed by atoms with Gasteiger partial charge in [0.15, 0.2) is 0 Å². The molecule has 0 spiro atoms. The Morgan fingerprint density at radius 3 is 2.67 bits per heavy atom. The van der Waals surface area contributed by atoms with Crippen LogP contribution in [-0.2, 0) is 17.1 Å². The molecule has 0 atom stereocenters. The highest BCUT2D eigenvalue weighted by Crippen LogP contribution is 2.27. The quantitative estimate of drug-likeness (QED) is 0.363. The Hall–Kier alpha value is -2.80. The van der Waals surface area contributed by atoms with Crippen LogP contribution in [0, 0.1) is 10.1 Å².